The summed E-state index contributed by atoms with van der Waals surface area (Å²) in [6.07, 6.45) is 3.13. The first-order chi connectivity index (χ1) is 9.76. The van der Waals surface area contributed by atoms with Gasteiger partial charge in [-0.1, -0.05) is 29.8 Å². The maximum absolute atomic E-state index is 5.99. The number of ether oxygens (including phenoxy) is 1. The number of hydrogen-bond acceptors (Lipinski definition) is 3. The number of fused-ring (bicyclic) bond motifs is 1. The van der Waals surface area contributed by atoms with Crippen molar-refractivity contribution in [1.82, 2.24) is 9.97 Å². The molecule has 0 atom stereocenters. The van der Waals surface area contributed by atoms with Crippen molar-refractivity contribution in [2.45, 2.75) is 5.88 Å². The molecule has 2 aromatic heterocycles. The molecule has 0 radical (unpaired) electrons. The van der Waals surface area contributed by atoms with E-state index >= 15 is 0 Å². The Bertz CT molecular complexity index is 762. The Labute approximate surface area is 126 Å². The van der Waals surface area contributed by atoms with Gasteiger partial charge in [0.2, 0.25) is 5.88 Å². The first-order valence-corrected chi connectivity index (χ1v) is 6.90. The second kappa shape index (κ2) is 5.65. The van der Waals surface area contributed by atoms with E-state index in [1.807, 2.05) is 30.3 Å². The molecule has 0 N–H and O–H groups in total. The molecule has 0 unspecified atom stereocenters. The summed E-state index contributed by atoms with van der Waals surface area (Å²) >= 11 is 11.9. The molecule has 0 saturated carbocycles. The van der Waals surface area contributed by atoms with Crippen LogP contribution >= 0.6 is 23.2 Å². The van der Waals surface area contributed by atoms with E-state index in [1.165, 1.54) is 0 Å². The fourth-order valence-corrected chi connectivity index (χ4v) is 2.34. The maximum atomic E-state index is 5.99. The fraction of sp³-hybridized carbons (Fsp3) is 0.0667. The van der Waals surface area contributed by atoms with Crippen molar-refractivity contribution in [3.05, 3.63) is 59.4 Å². The molecule has 0 spiro atoms. The highest BCUT2D eigenvalue weighted by atomic mass is 35.5. The predicted octanol–water partition coefficient (Wildman–Crippen LogP) is 4.81. The van der Waals surface area contributed by atoms with Crippen molar-refractivity contribution in [3.63, 3.8) is 0 Å². The van der Waals surface area contributed by atoms with E-state index < -0.39 is 0 Å². The highest BCUT2D eigenvalue weighted by molar-refractivity contribution is 6.30. The van der Waals surface area contributed by atoms with E-state index in [0.717, 1.165) is 16.5 Å². The number of nitrogens with zero attached hydrogens (tertiary/aromatic N) is 2. The lowest BCUT2D eigenvalue weighted by molar-refractivity contribution is 0.462. The van der Waals surface area contributed by atoms with Crippen LogP contribution < -0.4 is 4.74 Å². The second-order valence-electron chi connectivity index (χ2n) is 4.21. The minimum absolute atomic E-state index is 0.396. The standard InChI is InChI=1S/C15H10Cl2N2O/c16-7-10-5-15(19-14-4-2-1-3-13(10)14)20-12-6-11(17)8-18-9-12/h1-6,8-9H,7H2. The van der Waals surface area contributed by atoms with Gasteiger partial charge in [-0.25, -0.2) is 4.98 Å². The Kier molecular flexibility index (Phi) is 3.72. The van der Waals surface area contributed by atoms with Gasteiger partial charge in [0.25, 0.3) is 0 Å². The van der Waals surface area contributed by atoms with Gasteiger partial charge in [-0.3, -0.25) is 4.98 Å². The van der Waals surface area contributed by atoms with Gasteiger partial charge < -0.3 is 4.74 Å². The van der Waals surface area contributed by atoms with Gasteiger partial charge in [0.1, 0.15) is 5.75 Å². The number of halogens is 2. The van der Waals surface area contributed by atoms with Gasteiger partial charge in [0.15, 0.2) is 0 Å². The van der Waals surface area contributed by atoms with Crippen LogP contribution in [0.25, 0.3) is 10.9 Å². The molecule has 100 valence electrons. The Balaban J connectivity index is 2.03. The third-order valence-electron chi connectivity index (χ3n) is 2.82. The molecule has 1 aromatic carbocycles. The number of aromatic nitrogens is 2. The molecule has 0 fully saturated rings. The number of alkyl halides is 1. The van der Waals surface area contributed by atoms with Crippen molar-refractivity contribution in [2.24, 2.45) is 0 Å². The summed E-state index contributed by atoms with van der Waals surface area (Å²) in [5, 5.41) is 1.54. The Morgan fingerprint density at radius 3 is 2.75 bits per heavy atom. The van der Waals surface area contributed by atoms with Crippen LogP contribution in [0.1, 0.15) is 5.56 Å². The first-order valence-electron chi connectivity index (χ1n) is 5.99. The normalized spacial score (nSPS) is 10.7. The summed E-state index contributed by atoms with van der Waals surface area (Å²) in [6.45, 7) is 0. The summed E-state index contributed by atoms with van der Waals surface area (Å²) < 4.78 is 5.69. The highest BCUT2D eigenvalue weighted by Crippen LogP contribution is 2.27. The van der Waals surface area contributed by atoms with Crippen molar-refractivity contribution in [1.29, 1.82) is 0 Å². The maximum Gasteiger partial charge on any atom is 0.220 e. The summed E-state index contributed by atoms with van der Waals surface area (Å²) in [4.78, 5) is 8.43. The minimum atomic E-state index is 0.396. The second-order valence-corrected chi connectivity index (χ2v) is 4.92. The third-order valence-corrected chi connectivity index (χ3v) is 3.32. The zero-order valence-corrected chi connectivity index (χ0v) is 11.9. The van der Waals surface area contributed by atoms with Crippen LogP contribution in [-0.2, 0) is 5.88 Å². The van der Waals surface area contributed by atoms with E-state index in [9.17, 15) is 0 Å². The predicted molar refractivity (Wildman–Crippen MR) is 80.6 cm³/mol. The number of benzene rings is 1. The molecule has 3 nitrogen and oxygen atoms in total. The molecule has 3 aromatic rings. The lowest BCUT2D eigenvalue weighted by atomic mass is 10.1. The first kappa shape index (κ1) is 13.2. The monoisotopic (exact) mass is 304 g/mol. The number of hydrogen-bond donors (Lipinski definition) is 0. The number of pyridine rings is 2. The van der Waals surface area contributed by atoms with E-state index in [2.05, 4.69) is 9.97 Å². The topological polar surface area (TPSA) is 35.0 Å². The van der Waals surface area contributed by atoms with Crippen molar-refractivity contribution in [2.75, 3.05) is 0 Å². The van der Waals surface area contributed by atoms with E-state index in [-0.39, 0.29) is 0 Å². The Morgan fingerprint density at radius 2 is 1.95 bits per heavy atom. The van der Waals surface area contributed by atoms with Crippen LogP contribution in [0.15, 0.2) is 48.8 Å². The van der Waals surface area contributed by atoms with Gasteiger partial charge >= 0.3 is 0 Å². The largest absolute Gasteiger partial charge is 0.437 e. The van der Waals surface area contributed by atoms with Crippen LogP contribution in [-0.4, -0.2) is 9.97 Å². The molecule has 0 aliphatic heterocycles. The van der Waals surface area contributed by atoms with Crippen molar-refractivity contribution in [3.8, 4) is 11.6 Å². The molecule has 0 saturated heterocycles. The van der Waals surface area contributed by atoms with Gasteiger partial charge in [-0.05, 0) is 11.6 Å². The van der Waals surface area contributed by atoms with E-state index in [1.54, 1.807) is 18.5 Å². The van der Waals surface area contributed by atoms with Gasteiger partial charge in [0, 0.05) is 29.6 Å². The summed E-state index contributed by atoms with van der Waals surface area (Å²) in [5.41, 5.74) is 1.82. The molecule has 2 heterocycles. The zero-order valence-electron chi connectivity index (χ0n) is 10.4. The van der Waals surface area contributed by atoms with Gasteiger partial charge in [0.05, 0.1) is 16.7 Å². The number of rotatable bonds is 3. The van der Waals surface area contributed by atoms with E-state index in [4.69, 9.17) is 27.9 Å². The summed E-state index contributed by atoms with van der Waals surface area (Å²) in [7, 11) is 0. The number of para-hydroxylation sites is 1. The molecule has 5 heteroatoms. The van der Waals surface area contributed by atoms with Crippen LogP contribution in [0.4, 0.5) is 0 Å². The fourth-order valence-electron chi connectivity index (χ4n) is 1.95. The Hall–Kier alpha value is -1.84. The van der Waals surface area contributed by atoms with Gasteiger partial charge in [-0.15, -0.1) is 11.6 Å². The minimum Gasteiger partial charge on any atom is -0.437 e. The molecule has 0 aliphatic carbocycles. The van der Waals surface area contributed by atoms with Crippen LogP contribution in [0.3, 0.4) is 0 Å². The molecular formula is C15H10Cl2N2O. The van der Waals surface area contributed by atoms with Crippen molar-refractivity contribution >= 4 is 34.1 Å². The van der Waals surface area contributed by atoms with Crippen LogP contribution in [0.2, 0.25) is 5.02 Å². The van der Waals surface area contributed by atoms with Crippen molar-refractivity contribution < 1.29 is 4.74 Å². The quantitative estimate of drug-likeness (QED) is 0.651. The lowest BCUT2D eigenvalue weighted by Crippen LogP contribution is -1.92. The molecular weight excluding hydrogens is 295 g/mol. The van der Waals surface area contributed by atoms with Gasteiger partial charge in [-0.2, -0.15) is 0 Å². The molecule has 0 bridgehead atoms. The highest BCUT2D eigenvalue weighted by Gasteiger charge is 2.07. The molecule has 3 rings (SSSR count). The van der Waals surface area contributed by atoms with Crippen LogP contribution in [0, 0.1) is 0 Å². The Morgan fingerprint density at radius 1 is 1.10 bits per heavy atom. The average Bonchev–Trinajstić information content (AvgIpc) is 2.46. The molecule has 20 heavy (non-hydrogen) atoms. The van der Waals surface area contributed by atoms with Crippen LogP contribution in [0.5, 0.6) is 11.6 Å². The third kappa shape index (κ3) is 2.69. The molecule has 0 aliphatic rings. The summed E-state index contributed by atoms with van der Waals surface area (Å²) in [5.74, 6) is 1.41. The molecule has 0 amide bonds. The smallest absolute Gasteiger partial charge is 0.220 e. The van der Waals surface area contributed by atoms with E-state index in [0.29, 0.717) is 22.5 Å². The SMILES string of the molecule is ClCc1cc(Oc2cncc(Cl)c2)nc2ccccc12. The summed E-state index contributed by atoms with van der Waals surface area (Å²) in [6, 6.07) is 11.3. The zero-order chi connectivity index (χ0) is 13.9. The average molecular weight is 305 g/mol. The lowest BCUT2D eigenvalue weighted by Gasteiger charge is -2.08.